The normalized spacial score (nSPS) is 15.2. The minimum Gasteiger partial charge on any atom is -0.345 e. The highest BCUT2D eigenvalue weighted by Gasteiger charge is 2.27. The first kappa shape index (κ1) is 21.7. The number of benzene rings is 1. The van der Waals surface area contributed by atoms with Gasteiger partial charge < -0.3 is 15.5 Å². The third kappa shape index (κ3) is 5.07. The summed E-state index contributed by atoms with van der Waals surface area (Å²) in [6, 6.07) is 7.28. The van der Waals surface area contributed by atoms with Gasteiger partial charge in [0.1, 0.15) is 6.04 Å². The summed E-state index contributed by atoms with van der Waals surface area (Å²) in [5.41, 5.74) is 9.24. The zero-order valence-electron chi connectivity index (χ0n) is 14.3. The summed E-state index contributed by atoms with van der Waals surface area (Å²) in [7, 11) is 0. The second-order valence-electron chi connectivity index (χ2n) is 5.97. The van der Waals surface area contributed by atoms with Crippen LogP contribution in [-0.2, 0) is 4.79 Å². The summed E-state index contributed by atoms with van der Waals surface area (Å²) in [6.45, 7) is 7.02. The minimum atomic E-state index is -0.579. The molecule has 0 aliphatic carbocycles. The summed E-state index contributed by atoms with van der Waals surface area (Å²) in [4.78, 5) is 21.2. The van der Waals surface area contributed by atoms with Crippen LogP contribution in [0.25, 0.3) is 0 Å². The van der Waals surface area contributed by atoms with E-state index in [4.69, 9.17) is 5.73 Å². The Balaban J connectivity index is 0.00000156. The molecule has 1 aromatic heterocycles. The number of piperazine rings is 1. The summed E-state index contributed by atoms with van der Waals surface area (Å²) in [5.74, 6) is 0.00354. The maximum Gasteiger partial charge on any atom is 0.244 e. The van der Waals surface area contributed by atoms with Crippen LogP contribution in [0.15, 0.2) is 29.6 Å². The van der Waals surface area contributed by atoms with Crippen molar-refractivity contribution in [2.45, 2.75) is 19.9 Å². The first-order chi connectivity index (χ1) is 11.0. The number of aromatic nitrogens is 1. The molecule has 138 valence electrons. The molecule has 1 amide bonds. The molecule has 2 aromatic rings. The average molecular weight is 403 g/mol. The van der Waals surface area contributed by atoms with Crippen LogP contribution >= 0.6 is 36.2 Å². The fourth-order valence-electron chi connectivity index (χ4n) is 2.72. The zero-order chi connectivity index (χ0) is 16.4. The fourth-order valence-corrected chi connectivity index (χ4v) is 3.57. The van der Waals surface area contributed by atoms with Gasteiger partial charge >= 0.3 is 0 Å². The van der Waals surface area contributed by atoms with E-state index in [-0.39, 0.29) is 30.7 Å². The Morgan fingerprint density at radius 3 is 2.24 bits per heavy atom. The van der Waals surface area contributed by atoms with Crippen LogP contribution in [0.2, 0.25) is 0 Å². The lowest BCUT2D eigenvalue weighted by Gasteiger charge is -2.35. The third-order valence-corrected chi connectivity index (χ3v) is 5.19. The second-order valence-corrected chi connectivity index (χ2v) is 6.81. The van der Waals surface area contributed by atoms with E-state index in [9.17, 15) is 4.79 Å². The predicted molar refractivity (Wildman–Crippen MR) is 108 cm³/mol. The Bertz CT molecular complexity index is 684. The van der Waals surface area contributed by atoms with Crippen molar-refractivity contribution in [1.82, 2.24) is 9.88 Å². The monoisotopic (exact) mass is 402 g/mol. The molecule has 8 heteroatoms. The number of halogens is 2. The molecular formula is C17H24Cl2N4OS. The predicted octanol–water partition coefficient (Wildman–Crippen LogP) is 2.95. The Morgan fingerprint density at radius 1 is 1.12 bits per heavy atom. The van der Waals surface area contributed by atoms with Crippen molar-refractivity contribution in [2.75, 3.05) is 31.1 Å². The molecule has 0 spiro atoms. The standard InChI is InChI=1S/C17H22N4OS.2ClH/c1-12-3-5-14(6-4-12)15(18)16(22)20-7-9-21(10-8-20)17-19-13(2)11-23-17;;/h3-6,11,15H,7-10,18H2,1-2H3;2*1H. The lowest BCUT2D eigenvalue weighted by Crippen LogP contribution is -2.51. The number of carbonyl (C=O) groups is 1. The number of carbonyl (C=O) groups excluding carboxylic acids is 1. The molecule has 1 saturated heterocycles. The van der Waals surface area contributed by atoms with Crippen LogP contribution in [0.3, 0.4) is 0 Å². The first-order valence-electron chi connectivity index (χ1n) is 7.82. The van der Waals surface area contributed by atoms with Crippen molar-refractivity contribution in [1.29, 1.82) is 0 Å². The van der Waals surface area contributed by atoms with E-state index in [0.717, 1.165) is 29.5 Å². The summed E-state index contributed by atoms with van der Waals surface area (Å²) in [6.07, 6.45) is 0. The van der Waals surface area contributed by atoms with Crippen LogP contribution in [0.4, 0.5) is 5.13 Å². The molecule has 1 aliphatic rings. The van der Waals surface area contributed by atoms with Gasteiger partial charge in [-0.05, 0) is 19.4 Å². The van der Waals surface area contributed by atoms with Gasteiger partial charge in [0.2, 0.25) is 5.91 Å². The number of amides is 1. The number of rotatable bonds is 3. The van der Waals surface area contributed by atoms with Crippen molar-refractivity contribution < 1.29 is 4.79 Å². The van der Waals surface area contributed by atoms with Crippen molar-refractivity contribution in [3.63, 3.8) is 0 Å². The molecule has 0 saturated carbocycles. The molecule has 1 unspecified atom stereocenters. The van der Waals surface area contributed by atoms with Crippen LogP contribution in [0.1, 0.15) is 22.9 Å². The van der Waals surface area contributed by atoms with E-state index in [1.165, 1.54) is 5.56 Å². The van der Waals surface area contributed by atoms with Gasteiger partial charge in [0.15, 0.2) is 5.13 Å². The Hall–Kier alpha value is -1.34. The second kappa shape index (κ2) is 9.38. The van der Waals surface area contributed by atoms with Crippen LogP contribution in [-0.4, -0.2) is 42.0 Å². The van der Waals surface area contributed by atoms with Crippen LogP contribution in [0, 0.1) is 13.8 Å². The van der Waals surface area contributed by atoms with Gasteiger partial charge in [-0.25, -0.2) is 4.98 Å². The Morgan fingerprint density at radius 2 is 1.72 bits per heavy atom. The van der Waals surface area contributed by atoms with Crippen molar-refractivity contribution in [3.05, 3.63) is 46.5 Å². The minimum absolute atomic E-state index is 0. The molecule has 2 heterocycles. The highest BCUT2D eigenvalue weighted by molar-refractivity contribution is 7.13. The Kier molecular flexibility index (Phi) is 8.15. The summed E-state index contributed by atoms with van der Waals surface area (Å²) >= 11 is 1.66. The maximum absolute atomic E-state index is 12.6. The van der Waals surface area contributed by atoms with Gasteiger partial charge in [-0.15, -0.1) is 36.2 Å². The van der Waals surface area contributed by atoms with E-state index in [1.807, 2.05) is 43.0 Å². The van der Waals surface area contributed by atoms with E-state index in [1.54, 1.807) is 11.3 Å². The molecule has 2 N–H and O–H groups in total. The molecule has 25 heavy (non-hydrogen) atoms. The molecule has 1 aliphatic heterocycles. The number of anilines is 1. The van der Waals surface area contributed by atoms with Crippen LogP contribution in [0.5, 0.6) is 0 Å². The molecule has 0 radical (unpaired) electrons. The largest absolute Gasteiger partial charge is 0.345 e. The molecule has 1 atom stereocenters. The fraction of sp³-hybridized carbons (Fsp3) is 0.412. The summed E-state index contributed by atoms with van der Waals surface area (Å²) in [5, 5.41) is 3.10. The van der Waals surface area contributed by atoms with E-state index in [0.29, 0.717) is 13.1 Å². The quantitative estimate of drug-likeness (QED) is 0.856. The number of hydrogen-bond donors (Lipinski definition) is 1. The number of hydrogen-bond acceptors (Lipinski definition) is 5. The van der Waals surface area contributed by atoms with Crippen molar-refractivity contribution in [3.8, 4) is 0 Å². The van der Waals surface area contributed by atoms with Crippen LogP contribution < -0.4 is 10.6 Å². The topological polar surface area (TPSA) is 62.5 Å². The van der Waals surface area contributed by atoms with Crippen molar-refractivity contribution in [2.24, 2.45) is 5.73 Å². The van der Waals surface area contributed by atoms with Crippen molar-refractivity contribution >= 4 is 47.2 Å². The zero-order valence-corrected chi connectivity index (χ0v) is 16.8. The van der Waals surface area contributed by atoms with E-state index in [2.05, 4.69) is 15.3 Å². The molecule has 1 fully saturated rings. The lowest BCUT2D eigenvalue weighted by molar-refractivity contribution is -0.133. The molecule has 0 bridgehead atoms. The lowest BCUT2D eigenvalue weighted by atomic mass is 10.0. The maximum atomic E-state index is 12.6. The van der Waals surface area contributed by atoms with Gasteiger partial charge in [0.05, 0.1) is 5.69 Å². The summed E-state index contributed by atoms with van der Waals surface area (Å²) < 4.78 is 0. The van der Waals surface area contributed by atoms with Gasteiger partial charge in [-0.2, -0.15) is 0 Å². The van der Waals surface area contributed by atoms with Gasteiger partial charge in [0, 0.05) is 31.6 Å². The third-order valence-electron chi connectivity index (χ3n) is 4.17. The molecular weight excluding hydrogens is 379 g/mol. The average Bonchev–Trinajstić information content (AvgIpc) is 3.01. The van der Waals surface area contributed by atoms with E-state index >= 15 is 0 Å². The number of aryl methyl sites for hydroxylation is 2. The van der Waals surface area contributed by atoms with Gasteiger partial charge in [0.25, 0.3) is 0 Å². The number of nitrogens with zero attached hydrogens (tertiary/aromatic N) is 3. The number of thiazole rings is 1. The molecule has 3 rings (SSSR count). The van der Waals surface area contributed by atoms with Gasteiger partial charge in [-0.1, -0.05) is 29.8 Å². The molecule has 1 aromatic carbocycles. The highest BCUT2D eigenvalue weighted by Crippen LogP contribution is 2.22. The Labute approximate surface area is 165 Å². The van der Waals surface area contributed by atoms with Gasteiger partial charge in [-0.3, -0.25) is 4.79 Å². The SMILES string of the molecule is Cc1ccc(C(N)C(=O)N2CCN(c3nc(C)cs3)CC2)cc1.Cl.Cl. The number of nitrogens with two attached hydrogens (primary N) is 1. The molecule has 5 nitrogen and oxygen atoms in total. The van der Waals surface area contributed by atoms with E-state index < -0.39 is 6.04 Å². The first-order valence-corrected chi connectivity index (χ1v) is 8.70. The highest BCUT2D eigenvalue weighted by atomic mass is 35.5. The smallest absolute Gasteiger partial charge is 0.244 e.